The molecule has 0 aromatic rings. The molecule has 1 aliphatic rings. The van der Waals surface area contributed by atoms with Gasteiger partial charge in [-0.15, -0.1) is 0 Å². The average molecular weight is 244 g/mol. The Morgan fingerprint density at radius 1 is 1.18 bits per heavy atom. The van der Waals surface area contributed by atoms with E-state index in [-0.39, 0.29) is 18.9 Å². The summed E-state index contributed by atoms with van der Waals surface area (Å²) in [6.45, 7) is 0.928. The molecule has 6 nitrogen and oxygen atoms in total. The number of amides is 1. The Hall–Kier alpha value is -1.30. The van der Waals surface area contributed by atoms with Crippen molar-refractivity contribution < 1.29 is 19.1 Å². The highest BCUT2D eigenvalue weighted by atomic mass is 16.7. The first-order valence-corrected chi connectivity index (χ1v) is 5.87. The van der Waals surface area contributed by atoms with Crippen LogP contribution in [0.5, 0.6) is 0 Å². The summed E-state index contributed by atoms with van der Waals surface area (Å²) in [7, 11) is 1.88. The van der Waals surface area contributed by atoms with E-state index in [0.29, 0.717) is 0 Å². The third-order valence-corrected chi connectivity index (χ3v) is 2.89. The lowest BCUT2D eigenvalue weighted by Crippen LogP contribution is -2.50. The number of nitrogens with one attached hydrogen (secondary N) is 2. The number of ether oxygens (including phenoxy) is 2. The van der Waals surface area contributed by atoms with Crippen molar-refractivity contribution in [2.24, 2.45) is 0 Å². The molecule has 1 rings (SSSR count). The minimum Gasteiger partial charge on any atom is -0.428 e. The van der Waals surface area contributed by atoms with Gasteiger partial charge in [-0.05, 0) is 19.9 Å². The van der Waals surface area contributed by atoms with Gasteiger partial charge in [-0.2, -0.15) is 0 Å². The summed E-state index contributed by atoms with van der Waals surface area (Å²) in [5.41, 5.74) is 0. The molecule has 6 heteroatoms. The Bertz CT molecular complexity index is 270. The molecule has 1 aliphatic carbocycles. The quantitative estimate of drug-likeness (QED) is 0.564. The Kier molecular flexibility index (Phi) is 5.76. The molecule has 0 aliphatic heterocycles. The first kappa shape index (κ1) is 13.8. The van der Waals surface area contributed by atoms with Crippen LogP contribution in [0.1, 0.15) is 32.6 Å². The van der Waals surface area contributed by atoms with Gasteiger partial charge in [-0.1, -0.05) is 12.8 Å². The van der Waals surface area contributed by atoms with Crippen LogP contribution in [-0.2, 0) is 14.3 Å². The van der Waals surface area contributed by atoms with Crippen LogP contribution in [0.3, 0.4) is 0 Å². The zero-order valence-electron chi connectivity index (χ0n) is 10.3. The predicted molar refractivity (Wildman–Crippen MR) is 61.4 cm³/mol. The number of likely N-dealkylation sites (N-methyl/N-ethyl adjacent to an activating group) is 1. The first-order valence-electron chi connectivity index (χ1n) is 5.87. The SMILES string of the molecule is CNC1CCCCC1NC(=O)OCOC(C)=O. The van der Waals surface area contributed by atoms with Crippen LogP contribution >= 0.6 is 0 Å². The molecule has 2 atom stereocenters. The van der Waals surface area contributed by atoms with Gasteiger partial charge in [0.2, 0.25) is 6.79 Å². The average Bonchev–Trinajstić information content (AvgIpc) is 2.29. The van der Waals surface area contributed by atoms with Crippen LogP contribution in [-0.4, -0.2) is 38.0 Å². The monoisotopic (exact) mass is 244 g/mol. The number of esters is 1. The predicted octanol–water partition coefficient (Wildman–Crippen LogP) is 0.764. The van der Waals surface area contributed by atoms with Crippen molar-refractivity contribution in [3.8, 4) is 0 Å². The van der Waals surface area contributed by atoms with Gasteiger partial charge >= 0.3 is 12.1 Å². The van der Waals surface area contributed by atoms with E-state index in [4.69, 9.17) is 4.74 Å². The summed E-state index contributed by atoms with van der Waals surface area (Å²) >= 11 is 0. The Labute approximate surface area is 101 Å². The molecule has 98 valence electrons. The normalized spacial score (nSPS) is 23.9. The lowest BCUT2D eigenvalue weighted by molar-refractivity contribution is -0.149. The molecule has 1 fully saturated rings. The third kappa shape index (κ3) is 5.04. The highest BCUT2D eigenvalue weighted by Gasteiger charge is 2.25. The highest BCUT2D eigenvalue weighted by Crippen LogP contribution is 2.18. The minimum absolute atomic E-state index is 0.0820. The molecule has 2 N–H and O–H groups in total. The van der Waals surface area contributed by atoms with E-state index in [9.17, 15) is 9.59 Å². The van der Waals surface area contributed by atoms with Crippen LogP contribution in [0.2, 0.25) is 0 Å². The minimum atomic E-state index is -0.543. The van der Waals surface area contributed by atoms with Crippen molar-refractivity contribution in [1.29, 1.82) is 0 Å². The molecule has 0 bridgehead atoms. The number of carbonyl (C=O) groups excluding carboxylic acids is 2. The first-order chi connectivity index (χ1) is 8.13. The van der Waals surface area contributed by atoms with Gasteiger partial charge in [0, 0.05) is 19.0 Å². The summed E-state index contributed by atoms with van der Waals surface area (Å²) in [6, 6.07) is 0.364. The smallest absolute Gasteiger partial charge is 0.410 e. The summed E-state index contributed by atoms with van der Waals surface area (Å²) in [5, 5.41) is 5.96. The second-order valence-corrected chi connectivity index (χ2v) is 4.12. The topological polar surface area (TPSA) is 76.7 Å². The van der Waals surface area contributed by atoms with Gasteiger partial charge in [0.25, 0.3) is 0 Å². The van der Waals surface area contributed by atoms with E-state index >= 15 is 0 Å². The summed E-state index contributed by atoms with van der Waals surface area (Å²) in [6.07, 6.45) is 3.72. The lowest BCUT2D eigenvalue weighted by atomic mass is 9.90. The van der Waals surface area contributed by atoms with Gasteiger partial charge in [0.15, 0.2) is 0 Å². The van der Waals surface area contributed by atoms with Crippen LogP contribution in [0.25, 0.3) is 0 Å². The Morgan fingerprint density at radius 3 is 2.41 bits per heavy atom. The number of alkyl carbamates (subject to hydrolysis) is 1. The molecule has 2 unspecified atom stereocenters. The van der Waals surface area contributed by atoms with E-state index < -0.39 is 12.1 Å². The molecule has 0 aromatic heterocycles. The molecular weight excluding hydrogens is 224 g/mol. The number of hydrogen-bond acceptors (Lipinski definition) is 5. The number of rotatable bonds is 4. The van der Waals surface area contributed by atoms with Gasteiger partial charge in [0.05, 0.1) is 0 Å². The summed E-state index contributed by atoms with van der Waals surface area (Å²) < 4.78 is 9.24. The van der Waals surface area contributed by atoms with Crippen molar-refractivity contribution in [2.75, 3.05) is 13.8 Å². The van der Waals surface area contributed by atoms with E-state index in [1.807, 2.05) is 7.05 Å². The van der Waals surface area contributed by atoms with Gasteiger partial charge < -0.3 is 20.1 Å². The van der Waals surface area contributed by atoms with E-state index in [2.05, 4.69) is 15.4 Å². The van der Waals surface area contributed by atoms with Gasteiger partial charge in [0.1, 0.15) is 0 Å². The second-order valence-electron chi connectivity index (χ2n) is 4.12. The van der Waals surface area contributed by atoms with Crippen LogP contribution in [0.4, 0.5) is 4.79 Å². The lowest BCUT2D eigenvalue weighted by Gasteiger charge is -2.31. The standard InChI is InChI=1S/C11H20N2O4/c1-8(14)16-7-17-11(15)13-10-6-4-3-5-9(10)12-2/h9-10,12H,3-7H2,1-2H3,(H,13,15). The maximum atomic E-state index is 11.4. The fourth-order valence-corrected chi connectivity index (χ4v) is 2.01. The molecule has 1 amide bonds. The van der Waals surface area contributed by atoms with E-state index in [1.165, 1.54) is 13.3 Å². The largest absolute Gasteiger partial charge is 0.428 e. The highest BCUT2D eigenvalue weighted by molar-refractivity contribution is 5.68. The second kappa shape index (κ2) is 7.11. The van der Waals surface area contributed by atoms with Crippen molar-refractivity contribution in [2.45, 2.75) is 44.7 Å². The Morgan fingerprint density at radius 2 is 1.82 bits per heavy atom. The fraction of sp³-hybridized carbons (Fsp3) is 0.818. The molecule has 17 heavy (non-hydrogen) atoms. The van der Waals surface area contributed by atoms with Crippen molar-refractivity contribution in [3.63, 3.8) is 0 Å². The van der Waals surface area contributed by atoms with Crippen molar-refractivity contribution in [1.82, 2.24) is 10.6 Å². The van der Waals surface area contributed by atoms with E-state index in [1.54, 1.807) is 0 Å². The molecule has 0 saturated heterocycles. The Balaban J connectivity index is 2.26. The van der Waals surface area contributed by atoms with Crippen LogP contribution < -0.4 is 10.6 Å². The maximum Gasteiger partial charge on any atom is 0.410 e. The molecule has 0 radical (unpaired) electrons. The fourth-order valence-electron chi connectivity index (χ4n) is 2.01. The molecule has 1 saturated carbocycles. The van der Waals surface area contributed by atoms with Crippen molar-refractivity contribution in [3.05, 3.63) is 0 Å². The summed E-state index contributed by atoms with van der Waals surface area (Å²) in [4.78, 5) is 21.9. The molecular formula is C11H20N2O4. The zero-order valence-corrected chi connectivity index (χ0v) is 10.3. The number of hydrogen-bond donors (Lipinski definition) is 2. The van der Waals surface area contributed by atoms with Gasteiger partial charge in [-0.3, -0.25) is 4.79 Å². The third-order valence-electron chi connectivity index (χ3n) is 2.89. The van der Waals surface area contributed by atoms with Crippen molar-refractivity contribution >= 4 is 12.1 Å². The molecule has 0 heterocycles. The summed E-state index contributed by atoms with van der Waals surface area (Å²) in [5.74, 6) is -0.469. The molecule has 0 aromatic carbocycles. The maximum absolute atomic E-state index is 11.4. The zero-order chi connectivity index (χ0) is 12.7. The van der Waals surface area contributed by atoms with E-state index in [0.717, 1.165) is 19.3 Å². The molecule has 0 spiro atoms. The van der Waals surface area contributed by atoms with Gasteiger partial charge in [-0.25, -0.2) is 4.79 Å². The number of carbonyl (C=O) groups is 2. The van der Waals surface area contributed by atoms with Crippen LogP contribution in [0, 0.1) is 0 Å². The van der Waals surface area contributed by atoms with Crippen LogP contribution in [0.15, 0.2) is 0 Å².